The topological polar surface area (TPSA) is 123 Å². The van der Waals surface area contributed by atoms with Crippen LogP contribution in [0.3, 0.4) is 0 Å². The molecule has 0 radical (unpaired) electrons. The summed E-state index contributed by atoms with van der Waals surface area (Å²) in [6, 6.07) is 18.8. The van der Waals surface area contributed by atoms with Crippen LogP contribution >= 0.6 is 15.9 Å². The third kappa shape index (κ3) is 7.89. The first kappa shape index (κ1) is 26.8. The maximum absolute atomic E-state index is 12.1. The number of aliphatic hydroxyl groups excluding tert-OH is 1. The second-order valence-corrected chi connectivity index (χ2v) is 8.59. The quantitative estimate of drug-likeness (QED) is 0.177. The molecule has 0 bridgehead atoms. The van der Waals surface area contributed by atoms with Gasteiger partial charge in [-0.05, 0) is 70.2 Å². The van der Waals surface area contributed by atoms with Crippen molar-refractivity contribution in [3.8, 4) is 11.5 Å². The van der Waals surface area contributed by atoms with Gasteiger partial charge in [-0.25, -0.2) is 5.43 Å². The summed E-state index contributed by atoms with van der Waals surface area (Å²) in [4.78, 5) is 22.5. The van der Waals surface area contributed by atoms with E-state index >= 15 is 0 Å². The minimum Gasteiger partial charge on any atom is -0.490 e. The van der Waals surface area contributed by atoms with E-state index in [9.17, 15) is 20.0 Å². The molecular weight excluding hydrogens is 530 g/mol. The fraction of sp³-hybridized carbons (Fsp3) is 0.231. The molecule has 2 N–H and O–H groups in total. The van der Waals surface area contributed by atoms with Gasteiger partial charge in [0.15, 0.2) is 11.5 Å². The van der Waals surface area contributed by atoms with E-state index in [0.29, 0.717) is 28.1 Å². The van der Waals surface area contributed by atoms with Crippen LogP contribution in [-0.2, 0) is 11.4 Å². The molecule has 0 aliphatic heterocycles. The zero-order valence-electron chi connectivity index (χ0n) is 19.6. The summed E-state index contributed by atoms with van der Waals surface area (Å²) in [5, 5.41) is 25.0. The SMILES string of the molecule is CCOc1cc(/C=N/NC(=O)CC[C@@H](O)c2ccccc2)cc(Br)c1OCc1ccc([N+](=O)[O-])cc1. The van der Waals surface area contributed by atoms with Gasteiger partial charge in [-0.1, -0.05) is 30.3 Å². The highest BCUT2D eigenvalue weighted by Crippen LogP contribution is 2.37. The van der Waals surface area contributed by atoms with Gasteiger partial charge in [0, 0.05) is 18.6 Å². The molecule has 188 valence electrons. The third-order valence-electron chi connectivity index (χ3n) is 5.09. The van der Waals surface area contributed by atoms with Crippen molar-refractivity contribution in [3.05, 3.63) is 98.0 Å². The van der Waals surface area contributed by atoms with Crippen LogP contribution in [0.25, 0.3) is 0 Å². The van der Waals surface area contributed by atoms with Crippen molar-refractivity contribution in [2.24, 2.45) is 5.10 Å². The smallest absolute Gasteiger partial charge is 0.269 e. The molecule has 3 rings (SSSR count). The average molecular weight is 556 g/mol. The molecule has 0 aliphatic rings. The van der Waals surface area contributed by atoms with Crippen molar-refractivity contribution in [3.63, 3.8) is 0 Å². The molecular formula is C26H26BrN3O6. The number of non-ortho nitro benzene ring substituents is 1. The van der Waals surface area contributed by atoms with Crippen LogP contribution in [0.4, 0.5) is 5.69 Å². The molecule has 0 aromatic heterocycles. The molecule has 0 saturated carbocycles. The zero-order chi connectivity index (χ0) is 25.9. The van der Waals surface area contributed by atoms with Gasteiger partial charge >= 0.3 is 0 Å². The number of rotatable bonds is 12. The standard InChI is InChI=1S/C26H26BrN3O6/c1-2-35-24-15-19(16-28-29-25(32)13-12-23(31)20-6-4-3-5-7-20)14-22(27)26(24)36-17-18-8-10-21(11-9-18)30(33)34/h3-11,14-16,23,31H,2,12-13,17H2,1H3,(H,29,32)/b28-16+/t23-/m1/s1. The van der Waals surface area contributed by atoms with Gasteiger partial charge < -0.3 is 14.6 Å². The third-order valence-corrected chi connectivity index (χ3v) is 5.68. The number of nitrogens with one attached hydrogen (secondary N) is 1. The molecule has 3 aromatic carbocycles. The van der Waals surface area contributed by atoms with Crippen molar-refractivity contribution in [1.29, 1.82) is 0 Å². The summed E-state index contributed by atoms with van der Waals surface area (Å²) in [6.07, 6.45) is 1.17. The number of hydrazone groups is 1. The maximum Gasteiger partial charge on any atom is 0.269 e. The highest BCUT2D eigenvalue weighted by atomic mass is 79.9. The number of carbonyl (C=O) groups excluding carboxylic acids is 1. The monoisotopic (exact) mass is 555 g/mol. The van der Waals surface area contributed by atoms with E-state index in [4.69, 9.17) is 9.47 Å². The van der Waals surface area contributed by atoms with Crippen molar-refractivity contribution in [2.45, 2.75) is 32.5 Å². The van der Waals surface area contributed by atoms with Crippen LogP contribution in [0.15, 0.2) is 76.3 Å². The van der Waals surface area contributed by atoms with E-state index < -0.39 is 11.0 Å². The summed E-state index contributed by atoms with van der Waals surface area (Å²) in [6.45, 7) is 2.44. The molecule has 0 unspecified atom stereocenters. The molecule has 0 saturated heterocycles. The number of halogens is 1. The Bertz CT molecular complexity index is 1200. The molecule has 36 heavy (non-hydrogen) atoms. The summed E-state index contributed by atoms with van der Waals surface area (Å²) < 4.78 is 12.2. The van der Waals surface area contributed by atoms with E-state index in [1.54, 1.807) is 24.3 Å². The highest BCUT2D eigenvalue weighted by Gasteiger charge is 2.13. The largest absolute Gasteiger partial charge is 0.490 e. The molecule has 0 spiro atoms. The van der Waals surface area contributed by atoms with Crippen LogP contribution in [0.1, 0.15) is 42.6 Å². The molecule has 1 amide bonds. The number of carbonyl (C=O) groups is 1. The summed E-state index contributed by atoms with van der Waals surface area (Å²) in [7, 11) is 0. The summed E-state index contributed by atoms with van der Waals surface area (Å²) in [5.41, 5.74) is 4.67. The van der Waals surface area contributed by atoms with Gasteiger partial charge in [0.2, 0.25) is 5.91 Å². The van der Waals surface area contributed by atoms with E-state index in [1.165, 1.54) is 18.3 Å². The van der Waals surface area contributed by atoms with Gasteiger partial charge in [0.1, 0.15) is 6.61 Å². The Kier molecular flexibility index (Phi) is 9.96. The summed E-state index contributed by atoms with van der Waals surface area (Å²) >= 11 is 3.48. The summed E-state index contributed by atoms with van der Waals surface area (Å²) in [5.74, 6) is 0.646. The lowest BCUT2D eigenvalue weighted by atomic mass is 10.1. The number of nitro groups is 1. The Morgan fingerprint density at radius 1 is 1.17 bits per heavy atom. The Morgan fingerprint density at radius 2 is 1.89 bits per heavy atom. The van der Waals surface area contributed by atoms with Crippen LogP contribution in [0, 0.1) is 10.1 Å². The zero-order valence-corrected chi connectivity index (χ0v) is 21.2. The predicted molar refractivity (Wildman–Crippen MR) is 139 cm³/mol. The molecule has 3 aromatic rings. The lowest BCUT2D eigenvalue weighted by Gasteiger charge is -2.14. The highest BCUT2D eigenvalue weighted by molar-refractivity contribution is 9.10. The van der Waals surface area contributed by atoms with E-state index in [1.807, 2.05) is 37.3 Å². The molecule has 0 fully saturated rings. The maximum atomic E-state index is 12.1. The Labute approximate surface area is 217 Å². The van der Waals surface area contributed by atoms with E-state index in [-0.39, 0.29) is 31.0 Å². The first-order valence-corrected chi connectivity index (χ1v) is 12.0. The second kappa shape index (κ2) is 13.4. The molecule has 10 heteroatoms. The minimum absolute atomic E-state index is 0.0121. The number of hydrogen-bond donors (Lipinski definition) is 2. The number of aliphatic hydroxyl groups is 1. The molecule has 0 heterocycles. The van der Waals surface area contributed by atoms with Gasteiger partial charge in [-0.15, -0.1) is 0 Å². The van der Waals surface area contributed by atoms with Crippen molar-refractivity contribution < 1.29 is 24.3 Å². The number of nitro benzene ring substituents is 1. The van der Waals surface area contributed by atoms with E-state index in [0.717, 1.165) is 11.1 Å². The Balaban J connectivity index is 1.58. The van der Waals surface area contributed by atoms with Crippen molar-refractivity contribution >= 4 is 33.7 Å². The van der Waals surface area contributed by atoms with E-state index in [2.05, 4.69) is 26.5 Å². The number of amides is 1. The van der Waals surface area contributed by atoms with Gasteiger partial charge in [0.05, 0.1) is 28.3 Å². The van der Waals surface area contributed by atoms with Crippen LogP contribution in [0.2, 0.25) is 0 Å². The first-order valence-electron chi connectivity index (χ1n) is 11.2. The lowest BCUT2D eigenvalue weighted by molar-refractivity contribution is -0.384. The van der Waals surface area contributed by atoms with Gasteiger partial charge in [-0.2, -0.15) is 5.10 Å². The van der Waals surface area contributed by atoms with Crippen LogP contribution in [-0.4, -0.2) is 28.8 Å². The Hall–Kier alpha value is -3.76. The van der Waals surface area contributed by atoms with Crippen molar-refractivity contribution in [2.75, 3.05) is 6.61 Å². The normalized spacial score (nSPS) is 11.8. The van der Waals surface area contributed by atoms with Gasteiger partial charge in [-0.3, -0.25) is 14.9 Å². The number of hydrogen-bond acceptors (Lipinski definition) is 7. The number of benzene rings is 3. The second-order valence-electron chi connectivity index (χ2n) is 7.73. The molecule has 0 aliphatic carbocycles. The number of ether oxygens (including phenoxy) is 2. The minimum atomic E-state index is -0.718. The van der Waals surface area contributed by atoms with Gasteiger partial charge in [0.25, 0.3) is 5.69 Å². The van der Waals surface area contributed by atoms with Crippen LogP contribution < -0.4 is 14.9 Å². The Morgan fingerprint density at radius 3 is 2.56 bits per heavy atom. The fourth-order valence-electron chi connectivity index (χ4n) is 3.28. The van der Waals surface area contributed by atoms with Crippen LogP contribution in [0.5, 0.6) is 11.5 Å². The van der Waals surface area contributed by atoms with Crippen molar-refractivity contribution in [1.82, 2.24) is 5.43 Å². The lowest BCUT2D eigenvalue weighted by Crippen LogP contribution is -2.18. The predicted octanol–water partition coefficient (Wildman–Crippen LogP) is 5.30. The first-order chi connectivity index (χ1) is 17.4. The average Bonchev–Trinajstić information content (AvgIpc) is 2.87. The molecule has 1 atom stereocenters. The number of nitrogens with zero attached hydrogens (tertiary/aromatic N) is 2. The fourth-order valence-corrected chi connectivity index (χ4v) is 3.85. The molecule has 9 nitrogen and oxygen atoms in total.